The predicted octanol–water partition coefficient (Wildman–Crippen LogP) is 4.26. The summed E-state index contributed by atoms with van der Waals surface area (Å²) >= 11 is 1.46. The lowest BCUT2D eigenvalue weighted by atomic mass is 9.96. The first-order valence-electron chi connectivity index (χ1n) is 10.0. The number of anilines is 3. The average Bonchev–Trinajstić information content (AvgIpc) is 3.17. The van der Waals surface area contributed by atoms with E-state index in [1.807, 2.05) is 0 Å². The SMILES string of the molecule is COc1ccc(NC(C)=O)cc1NC(=O)C1CCN(c2nc3ccc(F)cc3s2)CC1. The molecule has 2 aromatic carbocycles. The molecule has 4 rings (SSSR count). The minimum Gasteiger partial charge on any atom is -0.495 e. The topological polar surface area (TPSA) is 83.6 Å². The van der Waals surface area contributed by atoms with Gasteiger partial charge < -0.3 is 20.3 Å². The molecule has 2 amide bonds. The number of aromatic nitrogens is 1. The lowest BCUT2D eigenvalue weighted by Crippen LogP contribution is -2.38. The molecule has 31 heavy (non-hydrogen) atoms. The molecule has 1 aromatic heterocycles. The van der Waals surface area contributed by atoms with Crippen LogP contribution in [0.1, 0.15) is 19.8 Å². The fourth-order valence-corrected chi connectivity index (χ4v) is 4.72. The normalized spacial score (nSPS) is 14.5. The second kappa shape index (κ2) is 8.89. The monoisotopic (exact) mass is 442 g/mol. The maximum Gasteiger partial charge on any atom is 0.227 e. The van der Waals surface area contributed by atoms with E-state index in [1.165, 1.54) is 37.5 Å². The highest BCUT2D eigenvalue weighted by molar-refractivity contribution is 7.22. The van der Waals surface area contributed by atoms with E-state index >= 15 is 0 Å². The van der Waals surface area contributed by atoms with Crippen molar-refractivity contribution in [2.24, 2.45) is 5.92 Å². The Hall–Kier alpha value is -3.20. The number of fused-ring (bicyclic) bond motifs is 1. The molecule has 0 atom stereocenters. The first-order chi connectivity index (χ1) is 14.9. The maximum absolute atomic E-state index is 13.4. The van der Waals surface area contributed by atoms with Gasteiger partial charge in [-0.25, -0.2) is 9.37 Å². The molecule has 3 aromatic rings. The summed E-state index contributed by atoms with van der Waals surface area (Å²) in [5.41, 5.74) is 1.90. The molecule has 0 unspecified atom stereocenters. The number of carbonyl (C=O) groups is 2. The lowest BCUT2D eigenvalue weighted by molar-refractivity contribution is -0.120. The van der Waals surface area contributed by atoms with Gasteiger partial charge >= 0.3 is 0 Å². The number of hydrogen-bond acceptors (Lipinski definition) is 6. The van der Waals surface area contributed by atoms with Crippen LogP contribution in [0.2, 0.25) is 0 Å². The molecule has 162 valence electrons. The number of benzene rings is 2. The third-order valence-electron chi connectivity index (χ3n) is 5.25. The van der Waals surface area contributed by atoms with Crippen LogP contribution in [0, 0.1) is 11.7 Å². The lowest BCUT2D eigenvalue weighted by Gasteiger charge is -2.31. The van der Waals surface area contributed by atoms with Crippen molar-refractivity contribution in [2.45, 2.75) is 19.8 Å². The smallest absolute Gasteiger partial charge is 0.227 e. The molecule has 0 radical (unpaired) electrons. The molecular formula is C22H23FN4O3S. The standard InChI is InChI=1S/C22H23FN4O3S/c1-13(28)24-16-4-6-19(30-2)18(12-16)25-21(29)14-7-9-27(10-8-14)22-26-17-5-3-15(23)11-20(17)31-22/h3-6,11-12,14H,7-10H2,1-2H3,(H,24,28)(H,25,29). The first kappa shape index (κ1) is 21.0. The Bertz CT molecular complexity index is 1130. The summed E-state index contributed by atoms with van der Waals surface area (Å²) in [7, 11) is 1.53. The minimum absolute atomic E-state index is 0.0794. The average molecular weight is 443 g/mol. The van der Waals surface area contributed by atoms with Crippen molar-refractivity contribution in [3.63, 3.8) is 0 Å². The molecule has 1 aliphatic heterocycles. The number of halogens is 1. The van der Waals surface area contributed by atoms with Crippen LogP contribution in [0.4, 0.5) is 20.9 Å². The van der Waals surface area contributed by atoms with E-state index in [9.17, 15) is 14.0 Å². The van der Waals surface area contributed by atoms with Gasteiger partial charge in [-0.05, 0) is 49.2 Å². The Balaban J connectivity index is 1.40. The van der Waals surface area contributed by atoms with E-state index in [-0.39, 0.29) is 23.5 Å². The Kier molecular flexibility index (Phi) is 6.03. The van der Waals surface area contributed by atoms with Crippen LogP contribution < -0.4 is 20.3 Å². The summed E-state index contributed by atoms with van der Waals surface area (Å²) in [4.78, 5) is 30.9. The van der Waals surface area contributed by atoms with Crippen molar-refractivity contribution in [3.05, 3.63) is 42.2 Å². The van der Waals surface area contributed by atoms with Crippen molar-refractivity contribution in [3.8, 4) is 5.75 Å². The summed E-state index contributed by atoms with van der Waals surface area (Å²) in [6, 6.07) is 9.72. The molecule has 2 heterocycles. The number of ether oxygens (including phenoxy) is 1. The minimum atomic E-state index is -0.268. The van der Waals surface area contributed by atoms with Gasteiger partial charge in [-0.15, -0.1) is 0 Å². The van der Waals surface area contributed by atoms with Gasteiger partial charge in [0.15, 0.2) is 5.13 Å². The van der Waals surface area contributed by atoms with Gasteiger partial charge in [-0.3, -0.25) is 9.59 Å². The summed E-state index contributed by atoms with van der Waals surface area (Å²) in [5.74, 6) is -0.147. The Morgan fingerprint density at radius 3 is 2.65 bits per heavy atom. The highest BCUT2D eigenvalue weighted by Crippen LogP contribution is 2.33. The van der Waals surface area contributed by atoms with Gasteiger partial charge in [-0.1, -0.05) is 11.3 Å². The molecular weight excluding hydrogens is 419 g/mol. The van der Waals surface area contributed by atoms with Crippen LogP contribution in [0.3, 0.4) is 0 Å². The number of nitrogens with zero attached hydrogens (tertiary/aromatic N) is 2. The van der Waals surface area contributed by atoms with E-state index in [0.717, 1.165) is 15.3 Å². The molecule has 0 bridgehead atoms. The Labute approximate surface area is 183 Å². The number of hydrogen-bond donors (Lipinski definition) is 2. The summed E-state index contributed by atoms with van der Waals surface area (Å²) in [6.07, 6.45) is 1.37. The van der Waals surface area contributed by atoms with Crippen LogP contribution in [0.15, 0.2) is 36.4 Å². The molecule has 1 aliphatic rings. The number of piperidine rings is 1. The Morgan fingerprint density at radius 1 is 1.16 bits per heavy atom. The van der Waals surface area contributed by atoms with Crippen molar-refractivity contribution >= 4 is 49.9 Å². The summed E-state index contributed by atoms with van der Waals surface area (Å²) in [5, 5.41) is 6.50. The highest BCUT2D eigenvalue weighted by atomic mass is 32.1. The first-order valence-corrected chi connectivity index (χ1v) is 10.8. The van der Waals surface area contributed by atoms with Gasteiger partial charge in [0, 0.05) is 31.6 Å². The Morgan fingerprint density at radius 2 is 1.94 bits per heavy atom. The molecule has 1 fully saturated rings. The van der Waals surface area contributed by atoms with E-state index in [0.29, 0.717) is 43.1 Å². The van der Waals surface area contributed by atoms with Gasteiger partial charge in [0.05, 0.1) is 23.0 Å². The van der Waals surface area contributed by atoms with Gasteiger partial charge in [0.1, 0.15) is 11.6 Å². The van der Waals surface area contributed by atoms with Crippen LogP contribution in [0.25, 0.3) is 10.2 Å². The maximum atomic E-state index is 13.4. The van der Waals surface area contributed by atoms with Gasteiger partial charge in [0.25, 0.3) is 0 Å². The number of methoxy groups -OCH3 is 1. The number of carbonyl (C=O) groups excluding carboxylic acids is 2. The second-order valence-corrected chi connectivity index (χ2v) is 8.46. The van der Waals surface area contributed by atoms with E-state index in [1.54, 1.807) is 24.3 Å². The molecule has 2 N–H and O–H groups in total. The predicted molar refractivity (Wildman–Crippen MR) is 120 cm³/mol. The molecule has 7 nitrogen and oxygen atoms in total. The zero-order valence-corrected chi connectivity index (χ0v) is 18.1. The van der Waals surface area contributed by atoms with E-state index in [4.69, 9.17) is 4.74 Å². The highest BCUT2D eigenvalue weighted by Gasteiger charge is 2.27. The van der Waals surface area contributed by atoms with Crippen LogP contribution >= 0.6 is 11.3 Å². The van der Waals surface area contributed by atoms with Crippen molar-refractivity contribution < 1.29 is 18.7 Å². The van der Waals surface area contributed by atoms with Crippen LogP contribution in [-0.4, -0.2) is 37.0 Å². The fourth-order valence-electron chi connectivity index (χ4n) is 3.68. The summed E-state index contributed by atoms with van der Waals surface area (Å²) in [6.45, 7) is 2.82. The van der Waals surface area contributed by atoms with Crippen molar-refractivity contribution in [1.29, 1.82) is 0 Å². The third kappa shape index (κ3) is 4.77. The quantitative estimate of drug-likeness (QED) is 0.617. The second-order valence-electron chi connectivity index (χ2n) is 7.46. The van der Waals surface area contributed by atoms with Gasteiger partial charge in [-0.2, -0.15) is 0 Å². The fraction of sp³-hybridized carbons (Fsp3) is 0.318. The van der Waals surface area contributed by atoms with E-state index < -0.39 is 0 Å². The van der Waals surface area contributed by atoms with Crippen LogP contribution in [-0.2, 0) is 9.59 Å². The largest absolute Gasteiger partial charge is 0.495 e. The van der Waals surface area contributed by atoms with E-state index in [2.05, 4.69) is 20.5 Å². The number of rotatable bonds is 5. The van der Waals surface area contributed by atoms with Crippen LogP contribution in [0.5, 0.6) is 5.75 Å². The third-order valence-corrected chi connectivity index (χ3v) is 6.33. The zero-order valence-electron chi connectivity index (χ0n) is 17.3. The van der Waals surface area contributed by atoms with Gasteiger partial charge in [0.2, 0.25) is 11.8 Å². The molecule has 0 spiro atoms. The number of nitrogens with one attached hydrogen (secondary N) is 2. The zero-order chi connectivity index (χ0) is 22.0. The molecule has 0 saturated carbocycles. The molecule has 0 aliphatic carbocycles. The number of amides is 2. The molecule has 9 heteroatoms. The summed E-state index contributed by atoms with van der Waals surface area (Å²) < 4.78 is 19.6. The number of thiazole rings is 1. The van der Waals surface area contributed by atoms with Crippen molar-refractivity contribution in [2.75, 3.05) is 35.7 Å². The molecule has 1 saturated heterocycles. The van der Waals surface area contributed by atoms with Crippen molar-refractivity contribution in [1.82, 2.24) is 4.98 Å².